The van der Waals surface area contributed by atoms with Gasteiger partial charge in [-0.2, -0.15) is 4.89 Å². The molecule has 0 rings (SSSR count). The van der Waals surface area contributed by atoms with Gasteiger partial charge in [0.15, 0.2) is 12.2 Å². The van der Waals surface area contributed by atoms with E-state index in [1.54, 1.807) is 27.7 Å². The molecule has 1 N–H and O–H groups in total. The molecule has 0 spiro atoms. The van der Waals surface area contributed by atoms with E-state index < -0.39 is 29.7 Å². The lowest BCUT2D eigenvalue weighted by Gasteiger charge is -2.30. The third-order valence-corrected chi connectivity index (χ3v) is 4.01. The fraction of sp³-hybridized carbons (Fsp3) is 0.909. The summed E-state index contributed by atoms with van der Waals surface area (Å²) in [5.41, 5.74) is -0.827. The molecule has 0 aromatic rings. The van der Waals surface area contributed by atoms with Crippen molar-refractivity contribution in [1.29, 1.82) is 0 Å². The van der Waals surface area contributed by atoms with Crippen LogP contribution >= 0.6 is 0 Å². The Morgan fingerprint density at radius 1 is 0.759 bits per heavy atom. The first kappa shape index (κ1) is 27.8. The van der Waals surface area contributed by atoms with E-state index in [0.29, 0.717) is 12.8 Å². The van der Waals surface area contributed by atoms with Crippen LogP contribution in [-0.2, 0) is 29.1 Å². The second-order valence-corrected chi connectivity index (χ2v) is 11.5. The maximum Gasteiger partial charge on any atom is 0.374 e. The van der Waals surface area contributed by atoms with Crippen LogP contribution in [-0.4, -0.2) is 34.9 Å². The van der Waals surface area contributed by atoms with Crippen LogP contribution in [0, 0.1) is 22.7 Å². The summed E-state index contributed by atoms with van der Waals surface area (Å²) in [6.07, 6.45) is -1.05. The van der Waals surface area contributed by atoms with E-state index >= 15 is 0 Å². The molecule has 4 atom stereocenters. The quantitative estimate of drug-likeness (QED) is 0.386. The van der Waals surface area contributed by atoms with Crippen LogP contribution in [0.25, 0.3) is 0 Å². The van der Waals surface area contributed by atoms with Crippen molar-refractivity contribution >= 4 is 11.9 Å². The first-order chi connectivity index (χ1) is 12.8. The molecule has 0 aromatic heterocycles. The molecular formula is C22H42O7. The molecule has 0 aliphatic heterocycles. The van der Waals surface area contributed by atoms with Gasteiger partial charge in [0.2, 0.25) is 0 Å². The maximum atomic E-state index is 12.6. The molecule has 0 saturated carbocycles. The Bertz CT molecular complexity index is 523. The molecule has 0 amide bonds. The van der Waals surface area contributed by atoms with E-state index in [0.717, 1.165) is 0 Å². The highest BCUT2D eigenvalue weighted by molar-refractivity contribution is 5.74. The number of hydrogen-bond donors (Lipinski definition) is 1. The first-order valence-corrected chi connectivity index (χ1v) is 10.3. The molecule has 29 heavy (non-hydrogen) atoms. The van der Waals surface area contributed by atoms with Gasteiger partial charge in [-0.25, -0.2) is 19.4 Å². The number of carbonyl (C=O) groups excluding carboxylic acids is 1. The van der Waals surface area contributed by atoms with Crippen LogP contribution in [0.3, 0.4) is 0 Å². The van der Waals surface area contributed by atoms with Crippen molar-refractivity contribution < 1.29 is 34.2 Å². The highest BCUT2D eigenvalue weighted by atomic mass is 17.2. The van der Waals surface area contributed by atoms with Gasteiger partial charge in [0, 0.05) is 0 Å². The molecule has 7 heteroatoms. The van der Waals surface area contributed by atoms with Gasteiger partial charge in [0.25, 0.3) is 0 Å². The largest absolute Gasteiger partial charge is 0.479 e. The summed E-state index contributed by atoms with van der Waals surface area (Å²) < 4.78 is 0. The summed E-state index contributed by atoms with van der Waals surface area (Å²) in [5, 5.41) is 9.58. The smallest absolute Gasteiger partial charge is 0.374 e. The minimum Gasteiger partial charge on any atom is -0.479 e. The molecule has 0 fully saturated rings. The van der Waals surface area contributed by atoms with E-state index in [9.17, 15) is 14.7 Å². The van der Waals surface area contributed by atoms with Gasteiger partial charge in [-0.3, -0.25) is 4.89 Å². The van der Waals surface area contributed by atoms with Gasteiger partial charge in [0.05, 0.1) is 0 Å². The molecule has 0 bridgehead atoms. The Kier molecular flexibility index (Phi) is 10.3. The summed E-state index contributed by atoms with van der Waals surface area (Å²) in [6, 6.07) is 0. The number of carboxylic acids is 1. The number of hydrogen-bond acceptors (Lipinski definition) is 6. The number of carbonyl (C=O) groups is 2. The van der Waals surface area contributed by atoms with Crippen LogP contribution in [0.4, 0.5) is 0 Å². The Morgan fingerprint density at radius 3 is 1.48 bits per heavy atom. The SMILES string of the molecule is CC(CC(C)(C)C)C(OOC(C(=O)OOC(C)(C)C)C(C)CC(C)(C)C)C(=O)O. The number of rotatable bonds is 10. The standard InChI is InChI=1S/C22H42O7/c1-14(12-20(3,4)5)16(18(23)24)26-27-17(15(2)13-21(6,7)8)19(25)28-29-22(9,10)11/h14-17H,12-13H2,1-11H3,(H,23,24). The van der Waals surface area contributed by atoms with Crippen molar-refractivity contribution in [3.8, 4) is 0 Å². The van der Waals surface area contributed by atoms with Crippen LogP contribution in [0.5, 0.6) is 0 Å². The molecule has 0 aliphatic carbocycles. The molecule has 0 heterocycles. The van der Waals surface area contributed by atoms with Crippen LogP contribution < -0.4 is 0 Å². The van der Waals surface area contributed by atoms with E-state index in [2.05, 4.69) is 0 Å². The Balaban J connectivity index is 5.34. The summed E-state index contributed by atoms with van der Waals surface area (Å²) in [4.78, 5) is 45.1. The normalized spacial score (nSPS) is 17.3. The highest BCUT2D eigenvalue weighted by Gasteiger charge is 2.37. The third-order valence-electron chi connectivity index (χ3n) is 4.01. The predicted octanol–water partition coefficient (Wildman–Crippen LogP) is 5.17. The number of carboxylic acid groups (broad SMARTS) is 1. The van der Waals surface area contributed by atoms with E-state index in [1.807, 2.05) is 48.5 Å². The third kappa shape index (κ3) is 12.9. The zero-order chi connectivity index (χ0) is 23.2. The second-order valence-electron chi connectivity index (χ2n) is 11.5. The average molecular weight is 419 g/mol. The average Bonchev–Trinajstić information content (AvgIpc) is 2.44. The Labute approximate surface area is 176 Å². The first-order valence-electron chi connectivity index (χ1n) is 10.3. The van der Waals surface area contributed by atoms with Gasteiger partial charge < -0.3 is 5.11 Å². The highest BCUT2D eigenvalue weighted by Crippen LogP contribution is 2.30. The lowest BCUT2D eigenvalue weighted by molar-refractivity contribution is -0.376. The lowest BCUT2D eigenvalue weighted by Crippen LogP contribution is -2.40. The molecule has 4 unspecified atom stereocenters. The van der Waals surface area contributed by atoms with Gasteiger partial charge in [-0.1, -0.05) is 55.4 Å². The van der Waals surface area contributed by atoms with Crippen molar-refractivity contribution in [1.82, 2.24) is 0 Å². The molecule has 0 saturated heterocycles. The zero-order valence-electron chi connectivity index (χ0n) is 20.1. The topological polar surface area (TPSA) is 91.3 Å². The van der Waals surface area contributed by atoms with Crippen LogP contribution in [0.15, 0.2) is 0 Å². The summed E-state index contributed by atoms with van der Waals surface area (Å²) >= 11 is 0. The van der Waals surface area contributed by atoms with Crippen molar-refractivity contribution in [2.24, 2.45) is 22.7 Å². The molecule has 0 radical (unpaired) electrons. The molecule has 0 aliphatic rings. The number of aliphatic carboxylic acids is 1. The minimum absolute atomic E-state index is 0.0715. The van der Waals surface area contributed by atoms with Crippen molar-refractivity contribution in [3.05, 3.63) is 0 Å². The van der Waals surface area contributed by atoms with Gasteiger partial charge in [0.1, 0.15) is 5.60 Å². The molecule has 0 aromatic carbocycles. The van der Waals surface area contributed by atoms with Crippen molar-refractivity contribution in [3.63, 3.8) is 0 Å². The Morgan fingerprint density at radius 2 is 1.14 bits per heavy atom. The summed E-state index contributed by atoms with van der Waals surface area (Å²) in [7, 11) is 0. The van der Waals surface area contributed by atoms with Crippen molar-refractivity contribution in [2.75, 3.05) is 0 Å². The van der Waals surface area contributed by atoms with Gasteiger partial charge in [-0.05, 0) is 56.3 Å². The van der Waals surface area contributed by atoms with Gasteiger partial charge in [-0.15, -0.1) is 0 Å². The second kappa shape index (κ2) is 10.7. The summed E-state index contributed by atoms with van der Waals surface area (Å²) in [6.45, 7) is 21.1. The fourth-order valence-electron chi connectivity index (χ4n) is 3.22. The Hall–Kier alpha value is -1.18. The van der Waals surface area contributed by atoms with Crippen molar-refractivity contribution in [2.45, 2.75) is 107 Å². The maximum absolute atomic E-state index is 12.6. The van der Waals surface area contributed by atoms with E-state index in [4.69, 9.17) is 19.6 Å². The van der Waals surface area contributed by atoms with Crippen LogP contribution in [0.2, 0.25) is 0 Å². The van der Waals surface area contributed by atoms with E-state index in [1.165, 1.54) is 0 Å². The minimum atomic E-state index is -1.20. The lowest BCUT2D eigenvalue weighted by atomic mass is 9.83. The fourth-order valence-corrected chi connectivity index (χ4v) is 3.22. The summed E-state index contributed by atoms with van der Waals surface area (Å²) in [5.74, 6) is -2.47. The predicted molar refractivity (Wildman–Crippen MR) is 111 cm³/mol. The van der Waals surface area contributed by atoms with E-state index in [-0.39, 0.29) is 22.7 Å². The van der Waals surface area contributed by atoms with Crippen LogP contribution in [0.1, 0.15) is 89.0 Å². The molecule has 7 nitrogen and oxygen atoms in total. The van der Waals surface area contributed by atoms with Gasteiger partial charge >= 0.3 is 11.9 Å². The molecular weight excluding hydrogens is 376 g/mol. The monoisotopic (exact) mass is 418 g/mol. The molecule has 172 valence electrons. The zero-order valence-corrected chi connectivity index (χ0v) is 20.1.